The molecule has 32 heavy (non-hydrogen) atoms. The zero-order valence-corrected chi connectivity index (χ0v) is 19.6. The van der Waals surface area contributed by atoms with Crippen molar-refractivity contribution >= 4 is 23.5 Å². The molecule has 1 fully saturated rings. The van der Waals surface area contributed by atoms with E-state index in [0.717, 1.165) is 35.5 Å². The van der Waals surface area contributed by atoms with E-state index in [2.05, 4.69) is 38.3 Å². The van der Waals surface area contributed by atoms with Crippen molar-refractivity contribution in [2.24, 2.45) is 0 Å². The summed E-state index contributed by atoms with van der Waals surface area (Å²) < 4.78 is 4.19. The Bertz CT molecular complexity index is 1150. The Kier molecular flexibility index (Phi) is 6.66. The van der Waals surface area contributed by atoms with Crippen LogP contribution in [0.5, 0.6) is 0 Å². The largest absolute Gasteiger partial charge is 0.327 e. The minimum absolute atomic E-state index is 0.143. The highest BCUT2D eigenvalue weighted by Gasteiger charge is 2.26. The first kappa shape index (κ1) is 22.2. The number of amides is 1. The molecule has 2 aromatic heterocycles. The van der Waals surface area contributed by atoms with E-state index in [1.807, 2.05) is 43.5 Å². The third-order valence-corrected chi connectivity index (χ3v) is 7.20. The van der Waals surface area contributed by atoms with Gasteiger partial charge in [0.2, 0.25) is 5.91 Å². The first-order valence-corrected chi connectivity index (χ1v) is 12.0. The maximum atomic E-state index is 12.9. The molecule has 166 valence electrons. The first-order valence-electron chi connectivity index (χ1n) is 11.0. The van der Waals surface area contributed by atoms with Crippen molar-refractivity contribution in [2.45, 2.75) is 64.2 Å². The minimum Gasteiger partial charge on any atom is -0.327 e. The smallest absolute Gasteiger partial charge is 0.235 e. The molecule has 1 saturated carbocycles. The fourth-order valence-corrected chi connectivity index (χ4v) is 5.20. The topological polar surface area (TPSA) is 88.5 Å². The second kappa shape index (κ2) is 9.61. The van der Waals surface area contributed by atoms with Gasteiger partial charge < -0.3 is 14.5 Å². The van der Waals surface area contributed by atoms with Gasteiger partial charge in [-0.15, -0.1) is 10.2 Å². The zero-order chi connectivity index (χ0) is 22.7. The van der Waals surface area contributed by atoms with Crippen LogP contribution >= 0.6 is 11.8 Å². The molecule has 0 bridgehead atoms. The third-order valence-electron chi connectivity index (χ3n) is 6.23. The average molecular weight is 449 g/mol. The summed E-state index contributed by atoms with van der Waals surface area (Å²) in [6.07, 6.45) is 4.53. The summed E-state index contributed by atoms with van der Waals surface area (Å²) in [5.41, 5.74) is 3.73. The van der Waals surface area contributed by atoms with Crippen LogP contribution in [0.2, 0.25) is 0 Å². The van der Waals surface area contributed by atoms with Gasteiger partial charge in [0.1, 0.15) is 17.7 Å². The summed E-state index contributed by atoms with van der Waals surface area (Å²) in [5.74, 6) is 1.51. The average Bonchev–Trinajstić information content (AvgIpc) is 3.49. The predicted molar refractivity (Wildman–Crippen MR) is 126 cm³/mol. The Morgan fingerprint density at radius 3 is 2.59 bits per heavy atom. The fourth-order valence-electron chi connectivity index (χ4n) is 4.42. The summed E-state index contributed by atoms with van der Waals surface area (Å²) >= 11 is 1.36. The number of nitrogens with zero attached hydrogens (tertiary/aromatic N) is 5. The van der Waals surface area contributed by atoms with Crippen LogP contribution in [0.1, 0.15) is 59.9 Å². The Hall–Kier alpha value is -3.05. The van der Waals surface area contributed by atoms with Gasteiger partial charge in [-0.25, -0.2) is 0 Å². The number of anilines is 1. The molecular formula is C24H28N6OS. The van der Waals surface area contributed by atoms with E-state index in [9.17, 15) is 10.1 Å². The van der Waals surface area contributed by atoms with Crippen LogP contribution < -0.4 is 5.32 Å². The number of hydrogen-bond donors (Lipinski definition) is 1. The normalized spacial score (nSPS) is 13.9. The van der Waals surface area contributed by atoms with Gasteiger partial charge in [0.15, 0.2) is 5.16 Å². The van der Waals surface area contributed by atoms with Crippen molar-refractivity contribution in [2.75, 3.05) is 11.1 Å². The maximum Gasteiger partial charge on any atom is 0.235 e. The van der Waals surface area contributed by atoms with Crippen molar-refractivity contribution < 1.29 is 4.79 Å². The van der Waals surface area contributed by atoms with E-state index in [1.54, 1.807) is 0 Å². The fraction of sp³-hybridized carbons (Fsp3) is 0.417. The van der Waals surface area contributed by atoms with Crippen LogP contribution in [-0.2, 0) is 11.3 Å². The predicted octanol–water partition coefficient (Wildman–Crippen LogP) is 4.77. The summed E-state index contributed by atoms with van der Waals surface area (Å²) in [4.78, 5) is 12.9. The number of nitriles is 1. The molecule has 0 saturated heterocycles. The third kappa shape index (κ3) is 4.44. The van der Waals surface area contributed by atoms with Gasteiger partial charge in [0, 0.05) is 11.7 Å². The molecule has 2 heterocycles. The standard InChI is InChI=1S/C24H28N6OS/c1-16-17(2)30(20-11-7-8-12-20)23(21(16)13-25)26-22(31)15-32-24-28-27-18(3)29(24)14-19-9-5-4-6-10-19/h4-6,9-10,20H,7-8,11-12,14-15H2,1-3H3,(H,26,31). The zero-order valence-electron chi connectivity index (χ0n) is 18.8. The lowest BCUT2D eigenvalue weighted by atomic mass is 10.2. The number of hydrogen-bond acceptors (Lipinski definition) is 5. The van der Waals surface area contributed by atoms with Crippen LogP contribution in [-0.4, -0.2) is 31.0 Å². The van der Waals surface area contributed by atoms with Crippen molar-refractivity contribution in [1.82, 2.24) is 19.3 Å². The highest BCUT2D eigenvalue weighted by molar-refractivity contribution is 7.99. The van der Waals surface area contributed by atoms with Crippen LogP contribution in [0.4, 0.5) is 5.82 Å². The molecule has 1 N–H and O–H groups in total. The molecule has 8 heteroatoms. The molecule has 0 atom stereocenters. The molecule has 0 unspecified atom stereocenters. The number of carbonyl (C=O) groups is 1. The molecule has 3 aromatic rings. The number of thioether (sulfide) groups is 1. The molecule has 0 spiro atoms. The lowest BCUT2D eigenvalue weighted by Crippen LogP contribution is -2.20. The molecule has 1 aliphatic rings. The SMILES string of the molecule is Cc1c(C#N)c(NC(=O)CSc2nnc(C)n2Cc2ccccc2)n(C2CCCC2)c1C. The highest BCUT2D eigenvalue weighted by Crippen LogP contribution is 2.37. The summed E-state index contributed by atoms with van der Waals surface area (Å²) in [6, 6.07) is 12.8. The number of carbonyl (C=O) groups excluding carboxylic acids is 1. The molecule has 0 radical (unpaired) electrons. The number of nitrogens with one attached hydrogen (secondary N) is 1. The number of aryl methyl sites for hydroxylation is 1. The number of rotatable bonds is 7. The Labute approximate surface area is 192 Å². The lowest BCUT2D eigenvalue weighted by molar-refractivity contribution is -0.113. The van der Waals surface area contributed by atoms with Crippen LogP contribution in [0.3, 0.4) is 0 Å². The summed E-state index contributed by atoms with van der Waals surface area (Å²) in [7, 11) is 0. The van der Waals surface area contributed by atoms with E-state index in [-0.39, 0.29) is 11.7 Å². The van der Waals surface area contributed by atoms with Gasteiger partial charge >= 0.3 is 0 Å². The van der Waals surface area contributed by atoms with Crippen LogP contribution in [0.15, 0.2) is 35.5 Å². The van der Waals surface area contributed by atoms with Crippen molar-refractivity contribution in [3.8, 4) is 6.07 Å². The highest BCUT2D eigenvalue weighted by atomic mass is 32.2. The Morgan fingerprint density at radius 2 is 1.91 bits per heavy atom. The number of benzene rings is 1. The van der Waals surface area contributed by atoms with E-state index in [1.165, 1.54) is 24.6 Å². The van der Waals surface area contributed by atoms with Gasteiger partial charge in [0.05, 0.1) is 17.9 Å². The minimum atomic E-state index is -0.143. The monoisotopic (exact) mass is 448 g/mol. The van der Waals surface area contributed by atoms with Gasteiger partial charge in [0.25, 0.3) is 0 Å². The van der Waals surface area contributed by atoms with Crippen molar-refractivity contribution in [3.05, 3.63) is 58.5 Å². The van der Waals surface area contributed by atoms with Crippen molar-refractivity contribution in [3.63, 3.8) is 0 Å². The lowest BCUT2D eigenvalue weighted by Gasteiger charge is -2.19. The van der Waals surface area contributed by atoms with Gasteiger partial charge in [-0.2, -0.15) is 5.26 Å². The van der Waals surface area contributed by atoms with Crippen LogP contribution in [0, 0.1) is 32.1 Å². The van der Waals surface area contributed by atoms with Crippen LogP contribution in [0.25, 0.3) is 0 Å². The molecule has 1 amide bonds. The second-order valence-corrected chi connectivity index (χ2v) is 9.23. The molecule has 7 nitrogen and oxygen atoms in total. The van der Waals surface area contributed by atoms with Gasteiger partial charge in [-0.3, -0.25) is 4.79 Å². The summed E-state index contributed by atoms with van der Waals surface area (Å²) in [5, 5.41) is 21.9. The van der Waals surface area contributed by atoms with Gasteiger partial charge in [-0.1, -0.05) is 54.9 Å². The van der Waals surface area contributed by atoms with E-state index < -0.39 is 0 Å². The second-order valence-electron chi connectivity index (χ2n) is 8.29. The summed E-state index contributed by atoms with van der Waals surface area (Å²) in [6.45, 7) is 6.57. The van der Waals surface area contributed by atoms with E-state index in [4.69, 9.17) is 0 Å². The Morgan fingerprint density at radius 1 is 1.19 bits per heavy atom. The Balaban J connectivity index is 1.49. The quantitative estimate of drug-likeness (QED) is 0.526. The van der Waals surface area contributed by atoms with Crippen molar-refractivity contribution in [1.29, 1.82) is 5.26 Å². The molecule has 0 aliphatic heterocycles. The molecule has 1 aliphatic carbocycles. The molecule has 1 aromatic carbocycles. The molecule has 4 rings (SSSR count). The first-order chi connectivity index (χ1) is 15.5. The van der Waals surface area contributed by atoms with Gasteiger partial charge in [-0.05, 0) is 44.7 Å². The maximum absolute atomic E-state index is 12.9. The number of aromatic nitrogens is 4. The van der Waals surface area contributed by atoms with E-state index >= 15 is 0 Å². The molecular weight excluding hydrogens is 420 g/mol. The van der Waals surface area contributed by atoms with E-state index in [0.29, 0.717) is 29.1 Å².